The summed E-state index contributed by atoms with van der Waals surface area (Å²) in [7, 11) is 0. The van der Waals surface area contributed by atoms with E-state index in [-0.39, 0.29) is 24.3 Å². The van der Waals surface area contributed by atoms with Gasteiger partial charge in [-0.05, 0) is 25.8 Å². The molecule has 0 saturated heterocycles. The first-order valence-electron chi connectivity index (χ1n) is 8.60. The van der Waals surface area contributed by atoms with Gasteiger partial charge in [0.05, 0.1) is 30.5 Å². The van der Waals surface area contributed by atoms with E-state index in [4.69, 9.17) is 4.74 Å². The molecular formula is C19H24N2O3S2. The summed E-state index contributed by atoms with van der Waals surface area (Å²) in [6.07, 6.45) is 1.00. The fourth-order valence-corrected chi connectivity index (χ4v) is 4.03. The summed E-state index contributed by atoms with van der Waals surface area (Å²) >= 11 is 2.82. The number of amides is 1. The smallest absolute Gasteiger partial charge is 0.311 e. The number of thiazole rings is 1. The molecule has 0 radical (unpaired) electrons. The van der Waals surface area contributed by atoms with E-state index >= 15 is 0 Å². The van der Waals surface area contributed by atoms with Crippen LogP contribution in [0.25, 0.3) is 0 Å². The van der Waals surface area contributed by atoms with Crippen molar-refractivity contribution in [3.8, 4) is 0 Å². The maximum atomic E-state index is 12.3. The number of benzene rings is 1. The number of nitrogens with one attached hydrogen (secondary N) is 1. The number of hydrogen-bond acceptors (Lipinski definition) is 6. The molecule has 26 heavy (non-hydrogen) atoms. The second kappa shape index (κ2) is 10.3. The molecule has 0 bridgehead atoms. The SMILES string of the molecule is CCOC(=O)Cc1csc(SCC(=O)N[C@H](CC)c2ccc(C)cc2)n1. The van der Waals surface area contributed by atoms with E-state index in [0.29, 0.717) is 18.1 Å². The zero-order chi connectivity index (χ0) is 18.9. The molecule has 1 aromatic carbocycles. The summed E-state index contributed by atoms with van der Waals surface area (Å²) in [6, 6.07) is 8.23. The van der Waals surface area contributed by atoms with Crippen LogP contribution in [-0.4, -0.2) is 29.2 Å². The van der Waals surface area contributed by atoms with E-state index in [1.54, 1.807) is 6.92 Å². The van der Waals surface area contributed by atoms with Crippen molar-refractivity contribution in [2.45, 2.75) is 44.0 Å². The van der Waals surface area contributed by atoms with E-state index in [9.17, 15) is 9.59 Å². The van der Waals surface area contributed by atoms with E-state index in [0.717, 1.165) is 16.3 Å². The monoisotopic (exact) mass is 392 g/mol. The maximum Gasteiger partial charge on any atom is 0.311 e. The second-order valence-electron chi connectivity index (χ2n) is 5.81. The highest BCUT2D eigenvalue weighted by Gasteiger charge is 2.14. The molecule has 1 aromatic heterocycles. The van der Waals surface area contributed by atoms with Gasteiger partial charge in [0.15, 0.2) is 4.34 Å². The van der Waals surface area contributed by atoms with Gasteiger partial charge in [0, 0.05) is 5.38 Å². The largest absolute Gasteiger partial charge is 0.466 e. The molecule has 0 aliphatic heterocycles. The Morgan fingerprint density at radius 3 is 2.65 bits per heavy atom. The van der Waals surface area contributed by atoms with E-state index in [2.05, 4.69) is 41.5 Å². The van der Waals surface area contributed by atoms with Gasteiger partial charge in [-0.3, -0.25) is 9.59 Å². The third-order valence-electron chi connectivity index (χ3n) is 3.71. The first-order chi connectivity index (χ1) is 12.5. The molecule has 140 valence electrons. The Hall–Kier alpha value is -1.86. The highest BCUT2D eigenvalue weighted by atomic mass is 32.2. The predicted molar refractivity (Wildman–Crippen MR) is 106 cm³/mol. The molecule has 1 N–H and O–H groups in total. The van der Waals surface area contributed by atoms with Crippen LogP contribution in [0.15, 0.2) is 34.0 Å². The van der Waals surface area contributed by atoms with Crippen LogP contribution < -0.4 is 5.32 Å². The average molecular weight is 393 g/mol. The fourth-order valence-electron chi connectivity index (χ4n) is 2.38. The quantitative estimate of drug-likeness (QED) is 0.517. The minimum absolute atomic E-state index is 0.0133. The summed E-state index contributed by atoms with van der Waals surface area (Å²) in [5.41, 5.74) is 3.00. The lowest BCUT2D eigenvalue weighted by atomic mass is 10.0. The normalized spacial score (nSPS) is 11.8. The lowest BCUT2D eigenvalue weighted by molar-refractivity contribution is -0.142. The summed E-state index contributed by atoms with van der Waals surface area (Å²) in [6.45, 7) is 6.24. The predicted octanol–water partition coefficient (Wildman–Crippen LogP) is 3.92. The van der Waals surface area contributed by atoms with Gasteiger partial charge >= 0.3 is 5.97 Å². The number of carbonyl (C=O) groups is 2. The fraction of sp³-hybridized carbons (Fsp3) is 0.421. The molecule has 2 rings (SSSR count). The number of ether oxygens (including phenoxy) is 1. The van der Waals surface area contributed by atoms with Gasteiger partial charge in [-0.2, -0.15) is 0 Å². The minimum Gasteiger partial charge on any atom is -0.466 e. The molecule has 1 atom stereocenters. The van der Waals surface area contributed by atoms with E-state index in [1.807, 2.05) is 12.3 Å². The first kappa shape index (κ1) is 20.5. The van der Waals surface area contributed by atoms with Crippen LogP contribution >= 0.6 is 23.1 Å². The summed E-state index contributed by atoms with van der Waals surface area (Å²) < 4.78 is 5.69. The lowest BCUT2D eigenvalue weighted by Gasteiger charge is -2.17. The van der Waals surface area contributed by atoms with Crippen molar-refractivity contribution < 1.29 is 14.3 Å². The summed E-state index contributed by atoms with van der Waals surface area (Å²) in [5.74, 6) is -0.00473. The van der Waals surface area contributed by atoms with Crippen molar-refractivity contribution in [1.82, 2.24) is 10.3 Å². The Kier molecular flexibility index (Phi) is 8.12. The average Bonchev–Trinajstić information content (AvgIpc) is 3.06. The highest BCUT2D eigenvalue weighted by molar-refractivity contribution is 8.01. The van der Waals surface area contributed by atoms with Crippen molar-refractivity contribution in [1.29, 1.82) is 0 Å². The van der Waals surface area contributed by atoms with Crippen LogP contribution in [0.4, 0.5) is 0 Å². The first-order valence-corrected chi connectivity index (χ1v) is 10.5. The van der Waals surface area contributed by atoms with Gasteiger partial charge in [-0.25, -0.2) is 4.98 Å². The Morgan fingerprint density at radius 1 is 1.27 bits per heavy atom. The summed E-state index contributed by atoms with van der Waals surface area (Å²) in [4.78, 5) is 28.1. The zero-order valence-electron chi connectivity index (χ0n) is 15.3. The number of esters is 1. The van der Waals surface area contributed by atoms with Gasteiger partial charge in [-0.1, -0.05) is 48.5 Å². The molecule has 0 fully saturated rings. The number of rotatable bonds is 9. The summed E-state index contributed by atoms with van der Waals surface area (Å²) in [5, 5.41) is 4.90. The molecule has 2 aromatic rings. The Morgan fingerprint density at radius 2 is 2.00 bits per heavy atom. The van der Waals surface area contributed by atoms with Gasteiger partial charge in [-0.15, -0.1) is 11.3 Å². The minimum atomic E-state index is -0.282. The van der Waals surface area contributed by atoms with Crippen molar-refractivity contribution in [2.75, 3.05) is 12.4 Å². The van der Waals surface area contributed by atoms with Crippen LogP contribution in [0, 0.1) is 6.92 Å². The van der Waals surface area contributed by atoms with Gasteiger partial charge in [0.1, 0.15) is 0 Å². The van der Waals surface area contributed by atoms with Crippen LogP contribution in [0.3, 0.4) is 0 Å². The standard InChI is InChI=1S/C19H24N2O3S2/c1-4-16(14-8-6-13(3)7-9-14)21-17(22)12-26-19-20-15(11-25-19)10-18(23)24-5-2/h6-9,11,16H,4-5,10,12H2,1-3H3,(H,21,22)/t16-/m1/s1. The Bertz CT molecular complexity index is 729. The number of thioether (sulfide) groups is 1. The van der Waals surface area contributed by atoms with Gasteiger partial charge in [0.25, 0.3) is 0 Å². The van der Waals surface area contributed by atoms with E-state index < -0.39 is 0 Å². The van der Waals surface area contributed by atoms with Crippen molar-refractivity contribution in [3.63, 3.8) is 0 Å². The molecule has 1 heterocycles. The van der Waals surface area contributed by atoms with Crippen molar-refractivity contribution in [3.05, 3.63) is 46.5 Å². The molecular weight excluding hydrogens is 368 g/mol. The van der Waals surface area contributed by atoms with Crippen LogP contribution in [0.1, 0.15) is 43.1 Å². The van der Waals surface area contributed by atoms with E-state index in [1.165, 1.54) is 28.7 Å². The second-order valence-corrected chi connectivity index (χ2v) is 7.89. The molecule has 0 aliphatic carbocycles. The molecule has 5 nitrogen and oxygen atoms in total. The van der Waals surface area contributed by atoms with Crippen LogP contribution in [0.5, 0.6) is 0 Å². The number of carbonyl (C=O) groups excluding carboxylic acids is 2. The van der Waals surface area contributed by atoms with Crippen LogP contribution in [0.2, 0.25) is 0 Å². The Labute approximate surface area is 162 Å². The third kappa shape index (κ3) is 6.46. The number of hydrogen-bond donors (Lipinski definition) is 1. The maximum absolute atomic E-state index is 12.3. The molecule has 1 amide bonds. The van der Waals surface area contributed by atoms with Crippen molar-refractivity contribution >= 4 is 35.0 Å². The van der Waals surface area contributed by atoms with Gasteiger partial charge < -0.3 is 10.1 Å². The molecule has 0 aliphatic rings. The van der Waals surface area contributed by atoms with Gasteiger partial charge in [0.2, 0.25) is 5.91 Å². The number of aryl methyl sites for hydroxylation is 1. The van der Waals surface area contributed by atoms with Crippen LogP contribution in [-0.2, 0) is 20.7 Å². The lowest BCUT2D eigenvalue weighted by Crippen LogP contribution is -2.29. The molecule has 7 heteroatoms. The highest BCUT2D eigenvalue weighted by Crippen LogP contribution is 2.23. The number of nitrogens with zero attached hydrogens (tertiary/aromatic N) is 1. The Balaban J connectivity index is 1.83. The number of aromatic nitrogens is 1. The molecule has 0 saturated carbocycles. The third-order valence-corrected chi connectivity index (χ3v) is 5.78. The topological polar surface area (TPSA) is 68.3 Å². The zero-order valence-corrected chi connectivity index (χ0v) is 16.9. The van der Waals surface area contributed by atoms with Crippen molar-refractivity contribution in [2.24, 2.45) is 0 Å². The molecule has 0 unspecified atom stereocenters. The molecule has 0 spiro atoms.